The number of carbonyl (C=O) groups is 2. The van der Waals surface area contributed by atoms with Gasteiger partial charge in [-0.25, -0.2) is 13.1 Å². The van der Waals surface area contributed by atoms with Crippen molar-refractivity contribution in [2.45, 2.75) is 23.4 Å². The van der Waals surface area contributed by atoms with E-state index in [0.29, 0.717) is 30.8 Å². The zero-order valence-electron chi connectivity index (χ0n) is 21.6. The van der Waals surface area contributed by atoms with Crippen LogP contribution in [0.15, 0.2) is 78.0 Å². The number of likely N-dealkylation sites (N-methyl/N-ethyl adjacent to an activating group) is 1. The third-order valence-electron chi connectivity index (χ3n) is 6.90. The number of fused-ring (bicyclic) bond motifs is 6. The molecule has 5 rings (SSSR count). The summed E-state index contributed by atoms with van der Waals surface area (Å²) >= 11 is 0. The van der Waals surface area contributed by atoms with Gasteiger partial charge in [-0.3, -0.25) is 19.5 Å². The Morgan fingerprint density at radius 1 is 1.00 bits per heavy atom. The minimum atomic E-state index is -3.74. The van der Waals surface area contributed by atoms with Crippen molar-refractivity contribution in [2.24, 2.45) is 0 Å². The number of sulfonamides is 1. The molecular weight excluding hydrogens is 518 g/mol. The number of hydrogen-bond acceptors (Lipinski definition) is 7. The molecule has 0 saturated carbocycles. The van der Waals surface area contributed by atoms with Crippen LogP contribution in [0.2, 0.25) is 0 Å². The number of amides is 2. The number of aromatic nitrogens is 1. The number of nitrogens with zero attached hydrogens (tertiary/aromatic N) is 3. The van der Waals surface area contributed by atoms with E-state index in [9.17, 15) is 18.0 Å². The molecule has 1 fully saturated rings. The van der Waals surface area contributed by atoms with E-state index in [0.717, 1.165) is 11.1 Å². The van der Waals surface area contributed by atoms with Gasteiger partial charge >= 0.3 is 0 Å². The van der Waals surface area contributed by atoms with Crippen LogP contribution in [0.25, 0.3) is 11.1 Å². The maximum absolute atomic E-state index is 13.4. The summed E-state index contributed by atoms with van der Waals surface area (Å²) in [5.74, 6) is 0.228. The van der Waals surface area contributed by atoms with Gasteiger partial charge in [0.2, 0.25) is 15.9 Å². The molecule has 2 unspecified atom stereocenters. The summed E-state index contributed by atoms with van der Waals surface area (Å²) in [5.41, 5.74) is 2.07. The fraction of sp³-hybridized carbons (Fsp3) is 0.321. The fourth-order valence-corrected chi connectivity index (χ4v) is 6.16. The fourth-order valence-electron chi connectivity index (χ4n) is 4.90. The van der Waals surface area contributed by atoms with E-state index in [4.69, 9.17) is 4.74 Å². The summed E-state index contributed by atoms with van der Waals surface area (Å²) in [5, 5.41) is 2.89. The van der Waals surface area contributed by atoms with Crippen LogP contribution in [0.1, 0.15) is 16.8 Å². The molecular formula is C28H31N5O5S. The van der Waals surface area contributed by atoms with Gasteiger partial charge in [0.25, 0.3) is 5.91 Å². The summed E-state index contributed by atoms with van der Waals surface area (Å²) in [4.78, 5) is 34.0. The molecule has 2 N–H and O–H groups in total. The minimum Gasteiger partial charge on any atom is -0.491 e. The molecule has 39 heavy (non-hydrogen) atoms. The predicted molar refractivity (Wildman–Crippen MR) is 146 cm³/mol. The van der Waals surface area contributed by atoms with Crippen molar-refractivity contribution in [3.63, 3.8) is 0 Å². The van der Waals surface area contributed by atoms with Crippen LogP contribution in [0.3, 0.4) is 0 Å². The zero-order chi connectivity index (χ0) is 27.4. The van der Waals surface area contributed by atoms with Gasteiger partial charge in [0.15, 0.2) is 0 Å². The average Bonchev–Trinajstić information content (AvgIpc) is 3.34. The molecule has 2 atom stereocenters. The van der Waals surface area contributed by atoms with Crippen molar-refractivity contribution >= 4 is 21.8 Å². The maximum atomic E-state index is 13.4. The molecule has 0 aliphatic carbocycles. The highest BCUT2D eigenvalue weighted by atomic mass is 32.2. The van der Waals surface area contributed by atoms with E-state index in [1.807, 2.05) is 36.2 Å². The molecule has 1 saturated heterocycles. The third kappa shape index (κ3) is 6.44. The molecule has 10 nitrogen and oxygen atoms in total. The summed E-state index contributed by atoms with van der Waals surface area (Å²) in [6, 6.07) is 16.7. The Hall–Kier alpha value is -3.80. The Morgan fingerprint density at radius 2 is 1.79 bits per heavy atom. The molecule has 11 heteroatoms. The van der Waals surface area contributed by atoms with Crippen LogP contribution in [-0.2, 0) is 14.8 Å². The van der Waals surface area contributed by atoms with Crippen molar-refractivity contribution in [3.8, 4) is 16.9 Å². The second-order valence-electron chi connectivity index (χ2n) is 9.86. The molecule has 4 bridgehead atoms. The van der Waals surface area contributed by atoms with Crippen molar-refractivity contribution in [1.82, 2.24) is 24.8 Å². The normalized spacial score (nSPS) is 21.0. The molecule has 2 amide bonds. The number of carbonyl (C=O) groups excluding carboxylic acids is 2. The Kier molecular flexibility index (Phi) is 7.92. The van der Waals surface area contributed by atoms with E-state index in [1.54, 1.807) is 47.5 Å². The molecule has 0 radical (unpaired) electrons. The molecule has 0 spiro atoms. The first kappa shape index (κ1) is 26.8. The van der Waals surface area contributed by atoms with Crippen LogP contribution >= 0.6 is 0 Å². The first-order chi connectivity index (χ1) is 18.8. The topological polar surface area (TPSA) is 121 Å². The van der Waals surface area contributed by atoms with E-state index in [-0.39, 0.29) is 42.4 Å². The van der Waals surface area contributed by atoms with Crippen LogP contribution in [0.4, 0.5) is 0 Å². The Labute approximate surface area is 228 Å². The van der Waals surface area contributed by atoms with Gasteiger partial charge in [-0.2, -0.15) is 0 Å². The minimum absolute atomic E-state index is 0.122. The van der Waals surface area contributed by atoms with Crippen molar-refractivity contribution in [2.75, 3.05) is 39.8 Å². The average molecular weight is 550 g/mol. The quantitative estimate of drug-likeness (QED) is 0.511. The SMILES string of the molecule is CN1CCNC(=O)c2cncc(c2)-c2cccc(c2)OCC2CC(NS(=O)(=O)c3ccccc3)CN2C(=O)C1. The van der Waals surface area contributed by atoms with Gasteiger partial charge < -0.3 is 15.0 Å². The van der Waals surface area contributed by atoms with Crippen LogP contribution < -0.4 is 14.8 Å². The van der Waals surface area contributed by atoms with E-state index >= 15 is 0 Å². The van der Waals surface area contributed by atoms with Gasteiger partial charge in [-0.15, -0.1) is 0 Å². The van der Waals surface area contributed by atoms with Gasteiger partial charge in [0.05, 0.1) is 23.0 Å². The smallest absolute Gasteiger partial charge is 0.252 e. The number of rotatable bonds is 3. The zero-order valence-corrected chi connectivity index (χ0v) is 22.4. The van der Waals surface area contributed by atoms with Crippen LogP contribution in [0, 0.1) is 0 Å². The Bertz CT molecular complexity index is 1450. The van der Waals surface area contributed by atoms with Gasteiger partial charge in [0, 0.05) is 43.6 Å². The number of hydrogen-bond donors (Lipinski definition) is 2. The molecule has 2 aliphatic rings. The predicted octanol–water partition coefficient (Wildman–Crippen LogP) is 1.75. The van der Waals surface area contributed by atoms with E-state index in [2.05, 4.69) is 15.0 Å². The Balaban J connectivity index is 1.39. The van der Waals surface area contributed by atoms with Crippen molar-refractivity contribution in [3.05, 3.63) is 78.6 Å². The van der Waals surface area contributed by atoms with Crippen LogP contribution in [-0.4, -0.2) is 86.9 Å². The van der Waals surface area contributed by atoms with Gasteiger partial charge in [-0.05, 0) is 49.4 Å². The standard InChI is InChI=1S/C28H31N5O5S/c1-32-11-10-30-28(35)22-12-21(15-29-16-22)20-6-5-7-25(13-20)38-19-24-14-23(17-33(24)27(34)18-32)31-39(36,37)26-8-3-2-4-9-26/h2-9,12-13,15-16,23-24,31H,10-11,14,17-19H2,1H3,(H,30,35). The van der Waals surface area contributed by atoms with E-state index < -0.39 is 16.1 Å². The Morgan fingerprint density at radius 3 is 2.62 bits per heavy atom. The summed E-state index contributed by atoms with van der Waals surface area (Å²) in [7, 11) is -1.93. The lowest BCUT2D eigenvalue weighted by atomic mass is 10.1. The lowest BCUT2D eigenvalue weighted by Crippen LogP contribution is -2.46. The summed E-state index contributed by atoms with van der Waals surface area (Å²) in [6.07, 6.45) is 3.64. The number of ether oxygens (including phenoxy) is 1. The van der Waals surface area contributed by atoms with Gasteiger partial charge in [-0.1, -0.05) is 30.3 Å². The highest BCUT2D eigenvalue weighted by Crippen LogP contribution is 2.26. The number of nitrogens with one attached hydrogen (secondary N) is 2. The molecule has 2 aliphatic heterocycles. The number of pyridine rings is 1. The second kappa shape index (κ2) is 11.5. The lowest BCUT2D eigenvalue weighted by molar-refractivity contribution is -0.133. The second-order valence-corrected chi connectivity index (χ2v) is 11.6. The molecule has 2 aromatic carbocycles. The largest absolute Gasteiger partial charge is 0.491 e. The first-order valence-electron chi connectivity index (χ1n) is 12.8. The molecule has 3 heterocycles. The van der Waals surface area contributed by atoms with Crippen molar-refractivity contribution < 1.29 is 22.7 Å². The summed E-state index contributed by atoms with van der Waals surface area (Å²) in [6.45, 7) is 1.39. The monoisotopic (exact) mass is 549 g/mol. The molecule has 3 aromatic rings. The summed E-state index contributed by atoms with van der Waals surface area (Å²) < 4.78 is 34.8. The van der Waals surface area contributed by atoms with E-state index in [1.165, 1.54) is 6.20 Å². The van der Waals surface area contributed by atoms with Crippen LogP contribution in [0.5, 0.6) is 5.75 Å². The molecule has 1 aromatic heterocycles. The molecule has 204 valence electrons. The van der Waals surface area contributed by atoms with Gasteiger partial charge in [0.1, 0.15) is 12.4 Å². The maximum Gasteiger partial charge on any atom is 0.252 e. The number of benzene rings is 2. The van der Waals surface area contributed by atoms with Crippen molar-refractivity contribution in [1.29, 1.82) is 0 Å². The highest BCUT2D eigenvalue weighted by molar-refractivity contribution is 7.89. The highest BCUT2D eigenvalue weighted by Gasteiger charge is 2.38. The lowest BCUT2D eigenvalue weighted by Gasteiger charge is -2.27. The third-order valence-corrected chi connectivity index (χ3v) is 8.44. The first-order valence-corrected chi connectivity index (χ1v) is 14.3.